The molecule has 0 saturated heterocycles. The molecule has 8 heteroatoms. The van der Waals surface area contributed by atoms with E-state index >= 15 is 0 Å². The number of nitrogens with one attached hydrogen (secondary N) is 2. The number of hydrogen-bond donors (Lipinski definition) is 3. The molecule has 2 rings (SSSR count). The number of carbonyl (C=O) groups excluding carboxylic acids is 2. The molecule has 1 aromatic rings. The Balaban J connectivity index is 1.85. The van der Waals surface area contributed by atoms with Gasteiger partial charge in [-0.15, -0.1) is 0 Å². The Kier molecular flexibility index (Phi) is 4.78. The summed E-state index contributed by atoms with van der Waals surface area (Å²) in [5.41, 5.74) is 5.91. The van der Waals surface area contributed by atoms with Crippen molar-refractivity contribution in [2.24, 2.45) is 0 Å². The Bertz CT molecular complexity index is 499. The van der Waals surface area contributed by atoms with E-state index in [1.54, 1.807) is 6.92 Å². The van der Waals surface area contributed by atoms with Gasteiger partial charge in [-0.3, -0.25) is 4.79 Å². The number of rotatable bonds is 7. The summed E-state index contributed by atoms with van der Waals surface area (Å²) in [6.07, 6.45) is 2.48. The van der Waals surface area contributed by atoms with Crippen LogP contribution in [0.3, 0.4) is 0 Å². The van der Waals surface area contributed by atoms with Crippen LogP contribution in [0.4, 0.5) is 10.8 Å². The van der Waals surface area contributed by atoms with Crippen molar-refractivity contribution in [2.45, 2.75) is 32.2 Å². The number of anilines is 2. The number of esters is 1. The zero-order chi connectivity index (χ0) is 14.5. The fourth-order valence-electron chi connectivity index (χ4n) is 1.64. The molecule has 110 valence electrons. The average Bonchev–Trinajstić information content (AvgIpc) is 3.12. The highest BCUT2D eigenvalue weighted by Crippen LogP contribution is 2.27. The van der Waals surface area contributed by atoms with Crippen LogP contribution in [0.2, 0.25) is 0 Å². The van der Waals surface area contributed by atoms with Crippen molar-refractivity contribution in [2.75, 3.05) is 24.2 Å². The molecular weight excluding hydrogens is 280 g/mol. The third kappa shape index (κ3) is 3.83. The van der Waals surface area contributed by atoms with Gasteiger partial charge in [-0.2, -0.15) is 4.37 Å². The Hall–Kier alpha value is -1.83. The first-order valence-corrected chi connectivity index (χ1v) is 7.34. The average molecular weight is 298 g/mol. The van der Waals surface area contributed by atoms with Gasteiger partial charge in [0.2, 0.25) is 5.91 Å². The molecule has 0 atom stereocenters. The highest BCUT2D eigenvalue weighted by atomic mass is 32.1. The van der Waals surface area contributed by atoms with Crippen molar-refractivity contribution in [3.05, 3.63) is 5.56 Å². The predicted molar refractivity (Wildman–Crippen MR) is 76.8 cm³/mol. The Morgan fingerprint density at radius 3 is 2.90 bits per heavy atom. The highest BCUT2D eigenvalue weighted by Gasteiger charge is 2.23. The minimum Gasteiger partial charge on any atom is -0.462 e. The van der Waals surface area contributed by atoms with Gasteiger partial charge in [0, 0.05) is 19.0 Å². The van der Waals surface area contributed by atoms with Crippen molar-refractivity contribution in [1.29, 1.82) is 0 Å². The molecule has 1 saturated carbocycles. The fraction of sp³-hybridized carbons (Fsp3) is 0.583. The SMILES string of the molecule is CCOC(=O)c1c(N)nsc1NCCC(=O)NC1CC1. The van der Waals surface area contributed by atoms with Crippen molar-refractivity contribution < 1.29 is 14.3 Å². The molecule has 0 aromatic carbocycles. The Morgan fingerprint density at radius 1 is 1.50 bits per heavy atom. The maximum Gasteiger partial charge on any atom is 0.344 e. The van der Waals surface area contributed by atoms with E-state index in [9.17, 15) is 9.59 Å². The van der Waals surface area contributed by atoms with Crippen LogP contribution >= 0.6 is 11.5 Å². The molecule has 1 aliphatic carbocycles. The van der Waals surface area contributed by atoms with Crippen molar-refractivity contribution in [3.63, 3.8) is 0 Å². The Labute approximate surface area is 121 Å². The minimum absolute atomic E-state index is 0.00942. The first-order valence-electron chi connectivity index (χ1n) is 6.57. The number of nitrogens with zero attached hydrogens (tertiary/aromatic N) is 1. The van der Waals surface area contributed by atoms with Crippen LogP contribution in [0.15, 0.2) is 0 Å². The van der Waals surface area contributed by atoms with E-state index in [0.29, 0.717) is 24.0 Å². The fourth-order valence-corrected chi connectivity index (χ4v) is 2.37. The van der Waals surface area contributed by atoms with E-state index < -0.39 is 5.97 Å². The van der Waals surface area contributed by atoms with Gasteiger partial charge in [0.25, 0.3) is 0 Å². The number of ether oxygens (including phenoxy) is 1. The number of hydrogen-bond acceptors (Lipinski definition) is 7. The molecular formula is C12H18N4O3S. The van der Waals surface area contributed by atoms with Crippen LogP contribution in [-0.4, -0.2) is 35.4 Å². The summed E-state index contributed by atoms with van der Waals surface area (Å²) >= 11 is 1.09. The van der Waals surface area contributed by atoms with Gasteiger partial charge in [-0.25, -0.2) is 4.79 Å². The second-order valence-electron chi connectivity index (χ2n) is 4.51. The molecule has 20 heavy (non-hydrogen) atoms. The number of nitrogens with two attached hydrogens (primary N) is 1. The molecule has 0 bridgehead atoms. The Morgan fingerprint density at radius 2 is 2.25 bits per heavy atom. The van der Waals surface area contributed by atoms with Gasteiger partial charge in [-0.1, -0.05) is 0 Å². The molecule has 1 aliphatic rings. The van der Waals surface area contributed by atoms with Crippen LogP contribution in [0, 0.1) is 0 Å². The molecule has 1 heterocycles. The zero-order valence-electron chi connectivity index (χ0n) is 11.3. The van der Waals surface area contributed by atoms with Gasteiger partial charge < -0.3 is 21.1 Å². The zero-order valence-corrected chi connectivity index (χ0v) is 12.1. The summed E-state index contributed by atoms with van der Waals surface area (Å²) in [5.74, 6) is -0.336. The molecule has 7 nitrogen and oxygen atoms in total. The van der Waals surface area contributed by atoms with Gasteiger partial charge >= 0.3 is 5.97 Å². The number of amides is 1. The molecule has 0 spiro atoms. The van der Waals surface area contributed by atoms with E-state index in [4.69, 9.17) is 10.5 Å². The van der Waals surface area contributed by atoms with Crippen molar-refractivity contribution in [1.82, 2.24) is 9.69 Å². The number of aromatic nitrogens is 1. The third-order valence-corrected chi connectivity index (χ3v) is 3.60. The van der Waals surface area contributed by atoms with Crippen LogP contribution in [-0.2, 0) is 9.53 Å². The van der Waals surface area contributed by atoms with E-state index in [2.05, 4.69) is 15.0 Å². The monoisotopic (exact) mass is 298 g/mol. The van der Waals surface area contributed by atoms with Crippen LogP contribution in [0.1, 0.15) is 36.5 Å². The second kappa shape index (κ2) is 6.56. The lowest BCUT2D eigenvalue weighted by molar-refractivity contribution is -0.120. The van der Waals surface area contributed by atoms with E-state index in [1.807, 2.05) is 0 Å². The van der Waals surface area contributed by atoms with E-state index in [1.165, 1.54) is 0 Å². The topological polar surface area (TPSA) is 106 Å². The number of nitrogen functional groups attached to an aromatic ring is 1. The van der Waals surface area contributed by atoms with E-state index in [-0.39, 0.29) is 23.9 Å². The van der Waals surface area contributed by atoms with Crippen LogP contribution in [0.5, 0.6) is 0 Å². The standard InChI is InChI=1S/C12H18N4O3S/c1-2-19-12(18)9-10(13)16-20-11(9)14-6-5-8(17)15-7-3-4-7/h7,14H,2-6H2,1H3,(H2,13,16)(H,15,17). The van der Waals surface area contributed by atoms with Crippen LogP contribution < -0.4 is 16.4 Å². The summed E-state index contributed by atoms with van der Waals surface area (Å²) in [6, 6.07) is 0.358. The van der Waals surface area contributed by atoms with Gasteiger partial charge in [0.1, 0.15) is 10.6 Å². The van der Waals surface area contributed by atoms with E-state index in [0.717, 1.165) is 24.4 Å². The van der Waals surface area contributed by atoms with Gasteiger partial charge in [-0.05, 0) is 31.3 Å². The predicted octanol–water partition coefficient (Wildman–Crippen LogP) is 0.983. The summed E-state index contributed by atoms with van der Waals surface area (Å²) < 4.78 is 8.86. The smallest absolute Gasteiger partial charge is 0.344 e. The van der Waals surface area contributed by atoms with Gasteiger partial charge in [0.05, 0.1) is 6.61 Å². The molecule has 1 amide bonds. The van der Waals surface area contributed by atoms with Gasteiger partial charge in [0.15, 0.2) is 5.82 Å². The molecule has 1 aromatic heterocycles. The summed E-state index contributed by atoms with van der Waals surface area (Å²) in [7, 11) is 0. The normalized spacial score (nSPS) is 13.8. The van der Waals surface area contributed by atoms with Crippen LogP contribution in [0.25, 0.3) is 0 Å². The molecule has 0 radical (unpaired) electrons. The maximum absolute atomic E-state index is 11.7. The lowest BCUT2D eigenvalue weighted by Crippen LogP contribution is -2.27. The lowest BCUT2D eigenvalue weighted by atomic mass is 10.3. The molecule has 0 unspecified atom stereocenters. The highest BCUT2D eigenvalue weighted by molar-refractivity contribution is 7.11. The summed E-state index contributed by atoms with van der Waals surface area (Å²) in [4.78, 5) is 23.3. The van der Waals surface area contributed by atoms with Crippen molar-refractivity contribution in [3.8, 4) is 0 Å². The molecule has 0 aliphatic heterocycles. The quantitative estimate of drug-likeness (QED) is 0.648. The first kappa shape index (κ1) is 14.6. The third-order valence-electron chi connectivity index (χ3n) is 2.78. The lowest BCUT2D eigenvalue weighted by Gasteiger charge is -2.07. The minimum atomic E-state index is -0.497. The molecule has 1 fully saturated rings. The maximum atomic E-state index is 11.7. The summed E-state index contributed by atoms with van der Waals surface area (Å²) in [5, 5.41) is 6.45. The number of carbonyl (C=O) groups is 2. The molecule has 4 N–H and O–H groups in total. The first-order chi connectivity index (χ1) is 9.61. The summed E-state index contributed by atoms with van der Waals surface area (Å²) in [6.45, 7) is 2.42. The second-order valence-corrected chi connectivity index (χ2v) is 5.28. The van der Waals surface area contributed by atoms with Crippen molar-refractivity contribution >= 4 is 34.2 Å². The largest absolute Gasteiger partial charge is 0.462 e.